The second-order valence-electron chi connectivity index (χ2n) is 2.13. The molecule has 1 aliphatic heterocycles. The molecule has 2 rings (SSSR count). The number of alkyl halides is 1. The Kier molecular flexibility index (Phi) is 2.09. The fourth-order valence-electron chi connectivity index (χ4n) is 0.843. The van der Waals surface area contributed by atoms with Gasteiger partial charge >= 0.3 is 80.9 Å². The van der Waals surface area contributed by atoms with E-state index in [-0.39, 0.29) is 0 Å². The van der Waals surface area contributed by atoms with Gasteiger partial charge in [-0.1, -0.05) is 0 Å². The fraction of sp³-hybridized carbons (Fsp3) is 0.143. The van der Waals surface area contributed by atoms with Crippen molar-refractivity contribution in [3.63, 3.8) is 0 Å². The molecule has 4 heteroatoms. The van der Waals surface area contributed by atoms with Gasteiger partial charge in [-0.3, -0.25) is 0 Å². The molecule has 60 valence electrons. The average Bonchev–Trinajstić information content (AvgIpc) is 2.50. The minimum absolute atomic E-state index is 0.523. The summed E-state index contributed by atoms with van der Waals surface area (Å²) < 4.78 is 10.5. The predicted molar refractivity (Wildman–Crippen MR) is 37.3 cm³/mol. The molecule has 0 spiro atoms. The summed E-state index contributed by atoms with van der Waals surface area (Å²) in [5.74, 6) is 2.22. The summed E-state index contributed by atoms with van der Waals surface area (Å²) in [5.41, 5.74) is 1.07. The molecule has 0 saturated carbocycles. The number of hydrogen-bond acceptors (Lipinski definition) is 2. The standard InChI is InChI=1S/C7H5ClIO2/c8-4-5-1-2-6-7(3-5)11-9-10-6/h1-3H,4H2/q-1. The zero-order valence-corrected chi connectivity index (χ0v) is 8.43. The Morgan fingerprint density at radius 1 is 1.27 bits per heavy atom. The fourth-order valence-corrected chi connectivity index (χ4v) is 2.19. The Balaban J connectivity index is 2.41. The van der Waals surface area contributed by atoms with Crippen molar-refractivity contribution in [3.8, 4) is 11.5 Å². The van der Waals surface area contributed by atoms with Crippen LogP contribution in [-0.2, 0) is 5.88 Å². The van der Waals surface area contributed by atoms with Gasteiger partial charge in [0.25, 0.3) is 0 Å². The summed E-state index contributed by atoms with van der Waals surface area (Å²) in [4.78, 5) is 0. The van der Waals surface area contributed by atoms with E-state index in [0.717, 1.165) is 17.1 Å². The van der Waals surface area contributed by atoms with Crippen molar-refractivity contribution < 1.29 is 28.2 Å². The molecule has 0 aliphatic carbocycles. The number of benzene rings is 1. The van der Waals surface area contributed by atoms with E-state index in [2.05, 4.69) is 0 Å². The Morgan fingerprint density at radius 3 is 2.91 bits per heavy atom. The second-order valence-corrected chi connectivity index (χ2v) is 3.64. The van der Waals surface area contributed by atoms with E-state index in [1.165, 1.54) is 0 Å². The SMILES string of the molecule is ClCc1ccc2c(c1)O[I-]O2. The van der Waals surface area contributed by atoms with Gasteiger partial charge in [-0.25, -0.2) is 0 Å². The van der Waals surface area contributed by atoms with Crippen LogP contribution in [0.3, 0.4) is 0 Å². The second kappa shape index (κ2) is 3.06. The number of halogens is 2. The van der Waals surface area contributed by atoms with E-state index in [0.29, 0.717) is 5.88 Å². The van der Waals surface area contributed by atoms with Crippen molar-refractivity contribution in [3.05, 3.63) is 23.8 Å². The summed E-state index contributed by atoms with van der Waals surface area (Å²) in [6.45, 7) is 0. The van der Waals surface area contributed by atoms with E-state index >= 15 is 0 Å². The van der Waals surface area contributed by atoms with Crippen molar-refractivity contribution >= 4 is 11.6 Å². The summed E-state index contributed by atoms with van der Waals surface area (Å²) in [5, 5.41) is 0. The van der Waals surface area contributed by atoms with Gasteiger partial charge in [-0.2, -0.15) is 0 Å². The van der Waals surface area contributed by atoms with Crippen molar-refractivity contribution in [2.24, 2.45) is 0 Å². The molecule has 1 aromatic carbocycles. The molecule has 0 amide bonds. The molecular formula is C7H5ClIO2-. The predicted octanol–water partition coefficient (Wildman–Crippen LogP) is -0.884. The molecule has 1 aliphatic rings. The third kappa shape index (κ3) is 1.39. The topological polar surface area (TPSA) is 18.5 Å². The van der Waals surface area contributed by atoms with Gasteiger partial charge in [0.15, 0.2) is 0 Å². The van der Waals surface area contributed by atoms with Crippen molar-refractivity contribution in [2.75, 3.05) is 0 Å². The van der Waals surface area contributed by atoms with Crippen LogP contribution in [-0.4, -0.2) is 0 Å². The molecule has 11 heavy (non-hydrogen) atoms. The molecule has 0 unspecified atom stereocenters. The van der Waals surface area contributed by atoms with Gasteiger partial charge in [0, 0.05) is 0 Å². The molecule has 0 saturated heterocycles. The molecule has 0 bridgehead atoms. The molecule has 0 fully saturated rings. The molecule has 1 heterocycles. The Hall–Kier alpha value is -0.160. The van der Waals surface area contributed by atoms with Crippen LogP contribution in [0, 0.1) is 0 Å². The summed E-state index contributed by atoms with van der Waals surface area (Å²) >= 11 is 5.09. The third-order valence-electron chi connectivity index (χ3n) is 1.39. The van der Waals surface area contributed by atoms with Crippen molar-refractivity contribution in [2.45, 2.75) is 5.88 Å². The first-order valence-corrected chi connectivity index (χ1v) is 5.37. The van der Waals surface area contributed by atoms with E-state index < -0.39 is 22.0 Å². The maximum absolute atomic E-state index is 5.64. The third-order valence-corrected chi connectivity index (χ3v) is 3.01. The molecule has 1 aromatic rings. The normalized spacial score (nSPS) is 14.3. The van der Waals surface area contributed by atoms with E-state index in [4.69, 9.17) is 17.7 Å². The first kappa shape index (κ1) is 7.49. The van der Waals surface area contributed by atoms with Crippen LogP contribution in [0.1, 0.15) is 5.56 Å². The van der Waals surface area contributed by atoms with Gasteiger partial charge in [0.2, 0.25) is 0 Å². The van der Waals surface area contributed by atoms with E-state index in [1.807, 2.05) is 18.2 Å². The zero-order valence-electron chi connectivity index (χ0n) is 5.51. The molecule has 0 N–H and O–H groups in total. The average molecular weight is 283 g/mol. The van der Waals surface area contributed by atoms with Gasteiger partial charge in [-0.15, -0.1) is 0 Å². The van der Waals surface area contributed by atoms with Crippen LogP contribution in [0.5, 0.6) is 11.5 Å². The van der Waals surface area contributed by atoms with Crippen LogP contribution in [0.2, 0.25) is 0 Å². The molecule has 0 aromatic heterocycles. The first-order valence-electron chi connectivity index (χ1n) is 3.08. The van der Waals surface area contributed by atoms with Crippen molar-refractivity contribution in [1.29, 1.82) is 0 Å². The van der Waals surface area contributed by atoms with Crippen LogP contribution >= 0.6 is 11.6 Å². The minimum atomic E-state index is -0.549. The van der Waals surface area contributed by atoms with E-state index in [9.17, 15) is 0 Å². The summed E-state index contributed by atoms with van der Waals surface area (Å²) in [6.07, 6.45) is 0. The van der Waals surface area contributed by atoms with Crippen molar-refractivity contribution in [1.82, 2.24) is 0 Å². The molecule has 2 nitrogen and oxygen atoms in total. The first-order chi connectivity index (χ1) is 5.40. The maximum atomic E-state index is 5.64. The van der Waals surface area contributed by atoms with Crippen LogP contribution < -0.4 is 28.2 Å². The van der Waals surface area contributed by atoms with Crippen LogP contribution in [0.4, 0.5) is 0 Å². The van der Waals surface area contributed by atoms with Gasteiger partial charge < -0.3 is 0 Å². The van der Waals surface area contributed by atoms with E-state index in [1.54, 1.807) is 0 Å². The van der Waals surface area contributed by atoms with Gasteiger partial charge in [-0.05, 0) is 0 Å². The number of rotatable bonds is 1. The number of fused-ring (bicyclic) bond motifs is 1. The molecular weight excluding hydrogens is 278 g/mol. The van der Waals surface area contributed by atoms with Gasteiger partial charge in [0.1, 0.15) is 0 Å². The molecule has 0 atom stereocenters. The van der Waals surface area contributed by atoms with Crippen LogP contribution in [0.25, 0.3) is 0 Å². The monoisotopic (exact) mass is 283 g/mol. The number of hydrogen-bond donors (Lipinski definition) is 0. The quantitative estimate of drug-likeness (QED) is 0.492. The van der Waals surface area contributed by atoms with Gasteiger partial charge in [0.05, 0.1) is 0 Å². The molecule has 0 radical (unpaired) electrons. The Bertz CT molecular complexity index is 277. The van der Waals surface area contributed by atoms with Crippen LogP contribution in [0.15, 0.2) is 18.2 Å². The Morgan fingerprint density at radius 2 is 2.09 bits per heavy atom. The summed E-state index contributed by atoms with van der Waals surface area (Å²) in [6, 6.07) is 5.78. The Labute approximate surface area is 80.8 Å². The zero-order chi connectivity index (χ0) is 7.68. The summed E-state index contributed by atoms with van der Waals surface area (Å²) in [7, 11) is 0.